The minimum Gasteiger partial charge on any atom is -0.306 e. The molecule has 0 aliphatic heterocycles. The number of hydrogen-bond donors (Lipinski definition) is 2. The molecule has 0 aliphatic carbocycles. The molecule has 2 aromatic carbocycles. The lowest BCUT2D eigenvalue weighted by Gasteiger charge is -2.13. The maximum Gasteiger partial charge on any atom is 0.323 e. The molecule has 0 saturated carbocycles. The zero-order valence-electron chi connectivity index (χ0n) is 11.1. The van der Waals surface area contributed by atoms with Crippen LogP contribution in [-0.2, 0) is 0 Å². The Kier molecular flexibility index (Phi) is 4.53. The van der Waals surface area contributed by atoms with E-state index in [1.54, 1.807) is 30.3 Å². The first-order valence-electron chi connectivity index (χ1n) is 6.06. The van der Waals surface area contributed by atoms with Crippen molar-refractivity contribution in [1.82, 2.24) is 0 Å². The molecule has 20 heavy (non-hydrogen) atoms. The fraction of sp³-hybridized carbons (Fsp3) is 0.133. The van der Waals surface area contributed by atoms with Crippen molar-refractivity contribution in [3.05, 3.63) is 57.6 Å². The first-order valence-corrected chi connectivity index (χ1v) is 6.82. The van der Waals surface area contributed by atoms with E-state index in [-0.39, 0.29) is 6.03 Å². The second-order valence-electron chi connectivity index (χ2n) is 4.50. The van der Waals surface area contributed by atoms with E-state index in [9.17, 15) is 4.79 Å². The summed E-state index contributed by atoms with van der Waals surface area (Å²) in [6.07, 6.45) is 0. The molecule has 0 saturated heterocycles. The summed E-state index contributed by atoms with van der Waals surface area (Å²) in [5.74, 6) is 0. The third kappa shape index (κ3) is 3.44. The Hall–Kier alpha value is -1.71. The molecule has 104 valence electrons. The molecule has 2 rings (SSSR count). The maximum atomic E-state index is 12.0. The molecule has 0 aromatic heterocycles. The van der Waals surface area contributed by atoms with E-state index in [4.69, 9.17) is 23.2 Å². The van der Waals surface area contributed by atoms with Crippen LogP contribution in [0.3, 0.4) is 0 Å². The number of carbonyl (C=O) groups is 1. The van der Waals surface area contributed by atoms with Gasteiger partial charge in [0.1, 0.15) is 0 Å². The quantitative estimate of drug-likeness (QED) is 0.781. The van der Waals surface area contributed by atoms with Gasteiger partial charge in [0.2, 0.25) is 0 Å². The topological polar surface area (TPSA) is 41.1 Å². The van der Waals surface area contributed by atoms with Gasteiger partial charge in [-0.2, -0.15) is 0 Å². The first kappa shape index (κ1) is 14.7. The Bertz CT molecular complexity index is 633. The van der Waals surface area contributed by atoms with E-state index in [1.165, 1.54) is 0 Å². The van der Waals surface area contributed by atoms with Gasteiger partial charge in [0, 0.05) is 0 Å². The summed E-state index contributed by atoms with van der Waals surface area (Å²) < 4.78 is 0. The highest BCUT2D eigenvalue weighted by molar-refractivity contribution is 6.35. The average Bonchev–Trinajstić information content (AvgIpc) is 2.36. The number of carbonyl (C=O) groups excluding carboxylic acids is 1. The third-order valence-electron chi connectivity index (χ3n) is 2.79. The van der Waals surface area contributed by atoms with Gasteiger partial charge in [-0.15, -0.1) is 0 Å². The molecule has 2 aromatic rings. The minimum absolute atomic E-state index is 0.382. The van der Waals surface area contributed by atoms with Gasteiger partial charge in [-0.1, -0.05) is 41.4 Å². The molecule has 3 nitrogen and oxygen atoms in total. The molecule has 0 unspecified atom stereocenters. The average molecular weight is 309 g/mol. The lowest BCUT2D eigenvalue weighted by molar-refractivity contribution is 0.262. The number of nitrogens with one attached hydrogen (secondary N) is 2. The second kappa shape index (κ2) is 6.16. The SMILES string of the molecule is Cc1cc(C)c(NC(=O)Nc2ccccc2Cl)c(Cl)c1. The van der Waals surface area contributed by atoms with Crippen molar-refractivity contribution in [2.24, 2.45) is 0 Å². The number of amides is 2. The Labute approximate surface area is 127 Å². The molecule has 0 bridgehead atoms. The smallest absolute Gasteiger partial charge is 0.306 e. The third-order valence-corrected chi connectivity index (χ3v) is 3.42. The molecule has 2 N–H and O–H groups in total. The summed E-state index contributed by atoms with van der Waals surface area (Å²) in [5.41, 5.74) is 3.10. The van der Waals surface area contributed by atoms with E-state index in [0.717, 1.165) is 11.1 Å². The maximum absolute atomic E-state index is 12.0. The Morgan fingerprint density at radius 2 is 1.70 bits per heavy atom. The summed E-state index contributed by atoms with van der Waals surface area (Å²) in [7, 11) is 0. The highest BCUT2D eigenvalue weighted by Gasteiger charge is 2.10. The van der Waals surface area contributed by atoms with E-state index in [1.807, 2.05) is 19.9 Å². The second-order valence-corrected chi connectivity index (χ2v) is 5.31. The molecular formula is C15H14Cl2N2O. The zero-order valence-corrected chi connectivity index (χ0v) is 12.6. The van der Waals surface area contributed by atoms with Crippen LogP contribution in [0, 0.1) is 13.8 Å². The molecule has 0 heterocycles. The number of halogens is 2. The standard InChI is InChI=1S/C15H14Cl2N2O/c1-9-7-10(2)14(12(17)8-9)19-15(20)18-13-6-4-3-5-11(13)16/h3-8H,1-2H3,(H2,18,19,20). The van der Waals surface area contributed by atoms with Crippen LogP contribution in [0.25, 0.3) is 0 Å². The van der Waals surface area contributed by atoms with Gasteiger partial charge in [0.15, 0.2) is 0 Å². The lowest BCUT2D eigenvalue weighted by Crippen LogP contribution is -2.20. The van der Waals surface area contributed by atoms with Crippen LogP contribution in [0.15, 0.2) is 36.4 Å². The molecule has 0 atom stereocenters. The zero-order chi connectivity index (χ0) is 14.7. The number of para-hydroxylation sites is 1. The molecule has 0 radical (unpaired) electrons. The molecule has 0 aliphatic rings. The number of benzene rings is 2. The van der Waals surface area contributed by atoms with Crippen molar-refractivity contribution in [3.8, 4) is 0 Å². The predicted molar refractivity (Wildman–Crippen MR) is 85.0 cm³/mol. The van der Waals surface area contributed by atoms with Gasteiger partial charge in [-0.3, -0.25) is 0 Å². The summed E-state index contributed by atoms with van der Waals surface area (Å²) >= 11 is 12.1. The highest BCUT2D eigenvalue weighted by atomic mass is 35.5. The van der Waals surface area contributed by atoms with Crippen molar-refractivity contribution >= 4 is 40.6 Å². The van der Waals surface area contributed by atoms with Crippen molar-refractivity contribution < 1.29 is 4.79 Å². The largest absolute Gasteiger partial charge is 0.323 e. The van der Waals surface area contributed by atoms with Crippen molar-refractivity contribution in [1.29, 1.82) is 0 Å². The van der Waals surface area contributed by atoms with Crippen LogP contribution < -0.4 is 10.6 Å². The molecular weight excluding hydrogens is 295 g/mol. The summed E-state index contributed by atoms with van der Waals surface area (Å²) in [5, 5.41) is 6.42. The fourth-order valence-corrected chi connectivity index (χ4v) is 2.46. The predicted octanol–water partition coefficient (Wildman–Crippen LogP) is 5.25. The van der Waals surface area contributed by atoms with Gasteiger partial charge in [-0.25, -0.2) is 4.79 Å². The Morgan fingerprint density at radius 1 is 1.00 bits per heavy atom. The number of urea groups is 1. The summed E-state index contributed by atoms with van der Waals surface area (Å²) in [6, 6.07) is 10.4. The van der Waals surface area contributed by atoms with Crippen molar-refractivity contribution in [3.63, 3.8) is 0 Å². The van der Waals surface area contributed by atoms with Gasteiger partial charge < -0.3 is 10.6 Å². The molecule has 0 spiro atoms. The van der Waals surface area contributed by atoms with E-state index < -0.39 is 0 Å². The Morgan fingerprint density at radius 3 is 2.35 bits per heavy atom. The van der Waals surface area contributed by atoms with Gasteiger partial charge in [0.05, 0.1) is 21.4 Å². The van der Waals surface area contributed by atoms with Crippen molar-refractivity contribution in [2.75, 3.05) is 10.6 Å². The van der Waals surface area contributed by atoms with E-state index in [0.29, 0.717) is 21.4 Å². The van der Waals surface area contributed by atoms with Gasteiger partial charge in [-0.05, 0) is 43.2 Å². The van der Waals surface area contributed by atoms with Gasteiger partial charge in [0.25, 0.3) is 0 Å². The fourth-order valence-electron chi connectivity index (χ4n) is 1.90. The number of aryl methyl sites for hydroxylation is 2. The first-order chi connectivity index (χ1) is 9.47. The van der Waals surface area contributed by atoms with Crippen molar-refractivity contribution in [2.45, 2.75) is 13.8 Å². The normalized spacial score (nSPS) is 10.2. The van der Waals surface area contributed by atoms with E-state index in [2.05, 4.69) is 10.6 Å². The van der Waals surface area contributed by atoms with Crippen LogP contribution in [0.1, 0.15) is 11.1 Å². The highest BCUT2D eigenvalue weighted by Crippen LogP contribution is 2.28. The number of hydrogen-bond acceptors (Lipinski definition) is 1. The van der Waals surface area contributed by atoms with Crippen LogP contribution in [0.4, 0.5) is 16.2 Å². The van der Waals surface area contributed by atoms with Crippen LogP contribution in [-0.4, -0.2) is 6.03 Å². The summed E-state index contributed by atoms with van der Waals surface area (Å²) in [6.45, 7) is 3.84. The summed E-state index contributed by atoms with van der Waals surface area (Å²) in [4.78, 5) is 12.0. The molecule has 5 heteroatoms. The Balaban J connectivity index is 2.15. The lowest BCUT2D eigenvalue weighted by atomic mass is 10.1. The number of anilines is 2. The van der Waals surface area contributed by atoms with E-state index >= 15 is 0 Å². The molecule has 0 fully saturated rings. The van der Waals surface area contributed by atoms with Gasteiger partial charge >= 0.3 is 6.03 Å². The van der Waals surface area contributed by atoms with Crippen LogP contribution in [0.5, 0.6) is 0 Å². The van der Waals surface area contributed by atoms with Crippen LogP contribution in [0.2, 0.25) is 10.0 Å². The monoisotopic (exact) mass is 308 g/mol. The van der Waals surface area contributed by atoms with Crippen LogP contribution >= 0.6 is 23.2 Å². The molecule has 2 amide bonds. The number of rotatable bonds is 2. The minimum atomic E-state index is -0.382.